The lowest BCUT2D eigenvalue weighted by molar-refractivity contribution is -0.134. The minimum absolute atomic E-state index is 0.0269. The minimum atomic E-state index is -0.405. The molecular formula is C20H20ClFIN5O2. The van der Waals surface area contributed by atoms with Crippen LogP contribution in [0.5, 0.6) is 5.75 Å². The maximum atomic E-state index is 14.5. The molecule has 0 saturated carbocycles. The van der Waals surface area contributed by atoms with Crippen LogP contribution in [0.4, 0.5) is 10.1 Å². The van der Waals surface area contributed by atoms with Crippen molar-refractivity contribution in [3.05, 3.63) is 45.0 Å². The number of amides is 1. The third-order valence-electron chi connectivity index (χ3n) is 5.26. The van der Waals surface area contributed by atoms with Gasteiger partial charge in [-0.25, -0.2) is 4.39 Å². The van der Waals surface area contributed by atoms with E-state index in [1.807, 2.05) is 28.9 Å². The van der Waals surface area contributed by atoms with Crippen LogP contribution >= 0.6 is 34.2 Å². The molecule has 30 heavy (non-hydrogen) atoms. The van der Waals surface area contributed by atoms with Gasteiger partial charge in [0.2, 0.25) is 5.91 Å². The average Bonchev–Trinajstić information content (AvgIpc) is 3.03. The summed E-state index contributed by atoms with van der Waals surface area (Å²) < 4.78 is 22.2. The summed E-state index contributed by atoms with van der Waals surface area (Å²) in [6.07, 6.45) is 1.71. The molecule has 10 heteroatoms. The molecule has 0 unspecified atom stereocenters. The molecule has 3 heterocycles. The standard InChI is InChI=1S/C20H20ClFIN5O2/c1-12-10-26(16-9-17(30-2)13(21)8-14(16)22)6-7-27(12)18(29)11-28-15-4-3-5-24-19(15)20(23)25-28/h3-5,8-9,12H,6-7,10-11H2,1-2H3/t12-/m0/s1. The van der Waals surface area contributed by atoms with Crippen LogP contribution in [0.15, 0.2) is 30.5 Å². The Balaban J connectivity index is 1.49. The van der Waals surface area contributed by atoms with Crippen molar-refractivity contribution in [3.63, 3.8) is 0 Å². The van der Waals surface area contributed by atoms with Gasteiger partial charge in [0.15, 0.2) is 0 Å². The van der Waals surface area contributed by atoms with Gasteiger partial charge >= 0.3 is 0 Å². The molecule has 2 aromatic heterocycles. The summed E-state index contributed by atoms with van der Waals surface area (Å²) in [5.41, 5.74) is 2.04. The van der Waals surface area contributed by atoms with Crippen LogP contribution < -0.4 is 9.64 Å². The summed E-state index contributed by atoms with van der Waals surface area (Å²) >= 11 is 8.13. The SMILES string of the molecule is COc1cc(N2CCN(C(=O)Cn3nc(I)c4ncccc43)[C@@H](C)C2)c(F)cc1Cl. The van der Waals surface area contributed by atoms with E-state index in [1.54, 1.807) is 16.9 Å². The Morgan fingerprint density at radius 3 is 2.93 bits per heavy atom. The van der Waals surface area contributed by atoms with Gasteiger partial charge in [0.05, 0.1) is 23.3 Å². The molecule has 1 atom stereocenters. The molecule has 1 saturated heterocycles. The maximum absolute atomic E-state index is 14.5. The van der Waals surface area contributed by atoms with Crippen LogP contribution in [0.25, 0.3) is 11.0 Å². The van der Waals surface area contributed by atoms with Crippen molar-refractivity contribution in [2.75, 3.05) is 31.6 Å². The second kappa shape index (κ2) is 8.54. The van der Waals surface area contributed by atoms with Crippen LogP contribution in [-0.2, 0) is 11.3 Å². The van der Waals surface area contributed by atoms with Gasteiger partial charge in [-0.1, -0.05) is 11.6 Å². The fourth-order valence-electron chi connectivity index (χ4n) is 3.77. The number of fused-ring (bicyclic) bond motifs is 1. The van der Waals surface area contributed by atoms with E-state index in [1.165, 1.54) is 13.2 Å². The number of ether oxygens (including phenoxy) is 1. The number of pyridine rings is 1. The Labute approximate surface area is 191 Å². The first kappa shape index (κ1) is 21.1. The lowest BCUT2D eigenvalue weighted by Gasteiger charge is -2.41. The molecule has 0 spiro atoms. The second-order valence-corrected chi connectivity index (χ2v) is 8.57. The fraction of sp³-hybridized carbons (Fsp3) is 0.350. The Hall–Kier alpha value is -2.14. The van der Waals surface area contributed by atoms with Crippen molar-refractivity contribution < 1.29 is 13.9 Å². The summed E-state index contributed by atoms with van der Waals surface area (Å²) in [5.74, 6) is -0.00757. The van der Waals surface area contributed by atoms with Gasteiger partial charge in [0, 0.05) is 37.9 Å². The monoisotopic (exact) mass is 543 g/mol. The number of hydrogen-bond acceptors (Lipinski definition) is 5. The molecule has 1 fully saturated rings. The number of rotatable bonds is 4. The number of hydrogen-bond donors (Lipinski definition) is 0. The normalized spacial score (nSPS) is 16.9. The topological polar surface area (TPSA) is 63.5 Å². The van der Waals surface area contributed by atoms with Gasteiger partial charge in [-0.2, -0.15) is 5.10 Å². The van der Waals surface area contributed by atoms with Crippen molar-refractivity contribution >= 4 is 56.8 Å². The van der Waals surface area contributed by atoms with Crippen molar-refractivity contribution in [2.45, 2.75) is 19.5 Å². The molecule has 1 aromatic carbocycles. The minimum Gasteiger partial charge on any atom is -0.495 e. The highest BCUT2D eigenvalue weighted by molar-refractivity contribution is 14.1. The van der Waals surface area contributed by atoms with Crippen LogP contribution in [0.1, 0.15) is 6.92 Å². The first-order valence-corrected chi connectivity index (χ1v) is 10.9. The van der Waals surface area contributed by atoms with Gasteiger partial charge in [0.1, 0.15) is 27.3 Å². The predicted octanol–water partition coefficient (Wildman–Crippen LogP) is 3.57. The van der Waals surface area contributed by atoms with Crippen molar-refractivity contribution in [1.29, 1.82) is 0 Å². The molecule has 0 radical (unpaired) electrons. The van der Waals surface area contributed by atoms with E-state index in [2.05, 4.69) is 32.7 Å². The predicted molar refractivity (Wildman–Crippen MR) is 122 cm³/mol. The van der Waals surface area contributed by atoms with Gasteiger partial charge in [0.25, 0.3) is 0 Å². The lowest BCUT2D eigenvalue weighted by atomic mass is 10.1. The Bertz CT molecular complexity index is 1110. The molecular weight excluding hydrogens is 524 g/mol. The number of methoxy groups -OCH3 is 1. The van der Waals surface area contributed by atoms with Gasteiger partial charge < -0.3 is 14.5 Å². The lowest BCUT2D eigenvalue weighted by Crippen LogP contribution is -2.55. The zero-order valence-electron chi connectivity index (χ0n) is 16.5. The number of benzene rings is 1. The molecule has 0 aliphatic carbocycles. The van der Waals surface area contributed by atoms with E-state index in [0.29, 0.717) is 31.1 Å². The van der Waals surface area contributed by atoms with Crippen LogP contribution in [0.3, 0.4) is 0 Å². The van der Waals surface area contributed by atoms with E-state index >= 15 is 0 Å². The zero-order valence-corrected chi connectivity index (χ0v) is 19.4. The fourth-order valence-corrected chi connectivity index (χ4v) is 4.68. The molecule has 7 nitrogen and oxygen atoms in total. The quantitative estimate of drug-likeness (QED) is 0.471. The number of aromatic nitrogens is 3. The Morgan fingerprint density at radius 1 is 1.40 bits per heavy atom. The smallest absolute Gasteiger partial charge is 0.244 e. The summed E-state index contributed by atoms with van der Waals surface area (Å²) in [4.78, 5) is 21.1. The molecule has 4 rings (SSSR count). The van der Waals surface area contributed by atoms with Gasteiger partial charge in [-0.15, -0.1) is 0 Å². The summed E-state index contributed by atoms with van der Waals surface area (Å²) in [6.45, 7) is 3.60. The van der Waals surface area contributed by atoms with Crippen molar-refractivity contribution in [3.8, 4) is 5.75 Å². The number of nitrogens with zero attached hydrogens (tertiary/aromatic N) is 5. The van der Waals surface area contributed by atoms with Gasteiger partial charge in [-0.05, 0) is 47.7 Å². The van der Waals surface area contributed by atoms with E-state index in [0.717, 1.165) is 14.7 Å². The summed E-state index contributed by atoms with van der Waals surface area (Å²) in [6, 6.07) is 6.51. The van der Waals surface area contributed by atoms with Crippen molar-refractivity contribution in [1.82, 2.24) is 19.7 Å². The van der Waals surface area contributed by atoms with Crippen LogP contribution in [0, 0.1) is 9.52 Å². The summed E-state index contributed by atoms with van der Waals surface area (Å²) in [5, 5.41) is 4.69. The van der Waals surface area contributed by atoms with E-state index in [9.17, 15) is 9.18 Å². The molecule has 1 aliphatic heterocycles. The third-order valence-corrected chi connectivity index (χ3v) is 6.29. The first-order chi connectivity index (χ1) is 14.4. The highest BCUT2D eigenvalue weighted by Crippen LogP contribution is 2.33. The van der Waals surface area contributed by atoms with E-state index in [4.69, 9.17) is 16.3 Å². The Kier molecular flexibility index (Phi) is 6.01. The first-order valence-electron chi connectivity index (χ1n) is 9.43. The highest BCUT2D eigenvalue weighted by atomic mass is 127. The van der Waals surface area contributed by atoms with Crippen LogP contribution in [-0.4, -0.2) is 58.4 Å². The van der Waals surface area contributed by atoms with E-state index in [-0.39, 0.29) is 23.5 Å². The third kappa shape index (κ3) is 3.92. The summed E-state index contributed by atoms with van der Waals surface area (Å²) in [7, 11) is 1.50. The second-order valence-electron chi connectivity index (χ2n) is 7.14. The molecule has 3 aromatic rings. The van der Waals surface area contributed by atoms with Crippen LogP contribution in [0.2, 0.25) is 5.02 Å². The maximum Gasteiger partial charge on any atom is 0.244 e. The zero-order chi connectivity index (χ0) is 21.4. The highest BCUT2D eigenvalue weighted by Gasteiger charge is 2.29. The number of anilines is 1. The van der Waals surface area contributed by atoms with Gasteiger partial charge in [-0.3, -0.25) is 14.5 Å². The molecule has 1 amide bonds. The molecule has 0 bridgehead atoms. The van der Waals surface area contributed by atoms with Crippen molar-refractivity contribution in [2.24, 2.45) is 0 Å². The number of halogens is 3. The molecule has 158 valence electrons. The number of piperazine rings is 1. The average molecular weight is 544 g/mol. The number of carbonyl (C=O) groups is 1. The van der Waals surface area contributed by atoms with E-state index < -0.39 is 5.82 Å². The molecule has 0 N–H and O–H groups in total. The largest absolute Gasteiger partial charge is 0.495 e. The molecule has 1 aliphatic rings. The number of carbonyl (C=O) groups excluding carboxylic acids is 1. The Morgan fingerprint density at radius 2 is 2.20 bits per heavy atom.